The Balaban J connectivity index is -0.000000464. The number of ketones is 1. The van der Waals surface area contributed by atoms with E-state index < -0.39 is 0 Å². The van der Waals surface area contributed by atoms with Gasteiger partial charge in [0.2, 0.25) is 0 Å². The van der Waals surface area contributed by atoms with Crippen molar-refractivity contribution in [3.8, 4) is 0 Å². The van der Waals surface area contributed by atoms with Crippen LogP contribution in [0.3, 0.4) is 0 Å². The van der Waals surface area contributed by atoms with Gasteiger partial charge in [-0.05, 0) is 12.0 Å². The maximum Gasteiger partial charge on any atom is 1.00 e. The van der Waals surface area contributed by atoms with Gasteiger partial charge in [-0.2, -0.15) is 24.6 Å². The summed E-state index contributed by atoms with van der Waals surface area (Å²) in [4.78, 5) is 11.5. The molecule has 0 amide bonds. The number of unbranched alkanes of at least 4 members (excludes halogenated alkanes) is 1. The van der Waals surface area contributed by atoms with Crippen molar-refractivity contribution < 1.29 is 53.4 Å². The molecule has 0 fully saturated rings. The average molecular weight is 318 g/mol. The maximum atomic E-state index is 11.5. The number of hydrogen-bond donors (Lipinski definition) is 0. The van der Waals surface area contributed by atoms with Crippen molar-refractivity contribution in [3.05, 3.63) is 42.3 Å². The van der Waals surface area contributed by atoms with E-state index in [2.05, 4.69) is 13.8 Å². The zero-order valence-electron chi connectivity index (χ0n) is 10.5. The van der Waals surface area contributed by atoms with Gasteiger partial charge in [-0.1, -0.05) is 19.4 Å². The van der Waals surface area contributed by atoms with Gasteiger partial charge in [0.1, 0.15) is 0 Å². The normalized spacial score (nSPS) is 8.00. The number of halogens is 2. The van der Waals surface area contributed by atoms with Gasteiger partial charge in [0, 0.05) is 6.42 Å². The zero-order chi connectivity index (χ0) is 11.7. The molecule has 0 spiro atoms. The van der Waals surface area contributed by atoms with Crippen molar-refractivity contribution in [2.75, 3.05) is 0 Å². The third-order valence-corrected chi connectivity index (χ3v) is 2.01. The second-order valence-electron chi connectivity index (χ2n) is 3.23. The van der Waals surface area contributed by atoms with E-state index in [0.29, 0.717) is 6.42 Å². The number of rotatable bonds is 4. The van der Waals surface area contributed by atoms with Crippen molar-refractivity contribution in [1.29, 1.82) is 0 Å². The molecule has 0 saturated heterocycles. The van der Waals surface area contributed by atoms with Crippen LogP contribution in [0.4, 0.5) is 0 Å². The van der Waals surface area contributed by atoms with E-state index in [1.54, 1.807) is 0 Å². The molecule has 1 aromatic rings. The summed E-state index contributed by atoms with van der Waals surface area (Å²) in [6, 6.07) is 7.47. The molecule has 1 rings (SSSR count). The molecule has 0 radical (unpaired) electrons. The summed E-state index contributed by atoms with van der Waals surface area (Å²) in [5.74, 6) is 0.229. The molecule has 0 saturated carbocycles. The molecule has 0 aromatic heterocycles. The fourth-order valence-corrected chi connectivity index (χ4v) is 1.23. The van der Waals surface area contributed by atoms with Gasteiger partial charge in [0.15, 0.2) is 5.78 Å². The maximum absolute atomic E-state index is 11.5. The molecule has 0 aliphatic heterocycles. The SMILES string of the molecule is [CH2-]c1cccc(C(=O)CCCC)c1.[Cl-].[Cl][Zn+].[Li+]. The van der Waals surface area contributed by atoms with Crippen LogP contribution in [0.5, 0.6) is 0 Å². The van der Waals surface area contributed by atoms with E-state index in [-0.39, 0.29) is 37.1 Å². The molecule has 5 heteroatoms. The van der Waals surface area contributed by atoms with Crippen LogP contribution in [0.2, 0.25) is 0 Å². The van der Waals surface area contributed by atoms with Crippen LogP contribution in [0, 0.1) is 6.92 Å². The summed E-state index contributed by atoms with van der Waals surface area (Å²) >= 11 is 0.847. The summed E-state index contributed by atoms with van der Waals surface area (Å²) in [5, 5.41) is 0. The summed E-state index contributed by atoms with van der Waals surface area (Å²) in [6.07, 6.45) is 2.69. The number of carbonyl (C=O) groups excluding carboxylic acids is 1. The van der Waals surface area contributed by atoms with Crippen LogP contribution in [0.15, 0.2) is 24.3 Å². The topological polar surface area (TPSA) is 17.1 Å². The van der Waals surface area contributed by atoms with Gasteiger partial charge in [0.25, 0.3) is 0 Å². The summed E-state index contributed by atoms with van der Waals surface area (Å²) < 4.78 is 0. The third-order valence-electron chi connectivity index (χ3n) is 2.01. The molecule has 0 unspecified atom stereocenters. The van der Waals surface area contributed by atoms with Crippen LogP contribution < -0.4 is 31.3 Å². The Hall–Kier alpha value is 0.561. The van der Waals surface area contributed by atoms with Crippen LogP contribution in [0.25, 0.3) is 0 Å². The smallest absolute Gasteiger partial charge is 1.00 e. The first-order valence-corrected chi connectivity index (χ1v) is 8.86. The second kappa shape index (κ2) is 14.6. The van der Waals surface area contributed by atoms with Crippen LogP contribution >= 0.6 is 9.69 Å². The molecule has 0 heterocycles. The first-order valence-electron chi connectivity index (χ1n) is 4.96. The fraction of sp³-hybridized carbons (Fsp3) is 0.333. The van der Waals surface area contributed by atoms with E-state index in [0.717, 1.165) is 41.3 Å². The first-order chi connectivity index (χ1) is 7.24. The molecule has 0 aliphatic rings. The molecule has 0 N–H and O–H groups in total. The van der Waals surface area contributed by atoms with E-state index >= 15 is 0 Å². The van der Waals surface area contributed by atoms with Crippen LogP contribution in [0.1, 0.15) is 42.1 Å². The van der Waals surface area contributed by atoms with Crippen molar-refractivity contribution in [3.63, 3.8) is 0 Å². The fourth-order valence-electron chi connectivity index (χ4n) is 1.23. The molecular weight excluding hydrogens is 303 g/mol. The minimum Gasteiger partial charge on any atom is 1.00 e. The van der Waals surface area contributed by atoms with Crippen molar-refractivity contribution >= 4 is 15.5 Å². The second-order valence-corrected chi connectivity index (χ2v) is 3.23. The number of benzene rings is 1. The summed E-state index contributed by atoms with van der Waals surface area (Å²) in [6.45, 7) is 5.88. The van der Waals surface area contributed by atoms with Crippen molar-refractivity contribution in [2.24, 2.45) is 0 Å². The average Bonchev–Trinajstić information content (AvgIpc) is 2.28. The monoisotopic (exact) mass is 316 g/mol. The molecule has 17 heavy (non-hydrogen) atoms. The van der Waals surface area contributed by atoms with Gasteiger partial charge in [0.05, 0.1) is 0 Å². The Morgan fingerprint density at radius 3 is 2.47 bits per heavy atom. The van der Waals surface area contributed by atoms with E-state index in [4.69, 9.17) is 9.69 Å². The zero-order valence-corrected chi connectivity index (χ0v) is 15.0. The minimum atomic E-state index is 0. The Morgan fingerprint density at radius 2 is 2.00 bits per heavy atom. The summed E-state index contributed by atoms with van der Waals surface area (Å²) in [7, 11) is 4.76. The van der Waals surface area contributed by atoms with E-state index in [9.17, 15) is 4.79 Å². The van der Waals surface area contributed by atoms with Crippen molar-refractivity contribution in [2.45, 2.75) is 26.2 Å². The molecule has 86 valence electrons. The molecule has 0 aliphatic carbocycles. The molecule has 0 bridgehead atoms. The Kier molecular flexibility index (Phi) is 19.5. The molecule has 1 aromatic carbocycles. The van der Waals surface area contributed by atoms with Crippen molar-refractivity contribution in [1.82, 2.24) is 0 Å². The van der Waals surface area contributed by atoms with Gasteiger partial charge in [-0.3, -0.25) is 4.79 Å². The Labute approximate surface area is 136 Å². The van der Waals surface area contributed by atoms with E-state index in [1.165, 1.54) is 0 Å². The molecule has 0 atom stereocenters. The first kappa shape index (κ1) is 22.7. The number of Topliss-reactive ketones (excluding diaryl/α,β-unsaturated/α-hetero) is 1. The Morgan fingerprint density at radius 1 is 1.41 bits per heavy atom. The van der Waals surface area contributed by atoms with Gasteiger partial charge in [-0.15, -0.1) is 6.07 Å². The predicted molar refractivity (Wildman–Crippen MR) is 60.6 cm³/mol. The standard InChI is InChI=1S/C12H15O.2ClH.Li.Zn/c1-3-4-8-12(13)11-7-5-6-10(2)9-11;;;;/h5-7,9H,2-4,8H2,1H3;2*1H;;/q-1;;;+1;+2/p-2. The summed E-state index contributed by atoms with van der Waals surface area (Å²) in [5.41, 5.74) is 1.70. The predicted octanol–water partition coefficient (Wildman–Crippen LogP) is -2.06. The third kappa shape index (κ3) is 10.2. The van der Waals surface area contributed by atoms with Gasteiger partial charge >= 0.3 is 45.9 Å². The largest absolute Gasteiger partial charge is 1.00 e. The van der Waals surface area contributed by atoms with Gasteiger partial charge < -0.3 is 12.4 Å². The van der Waals surface area contributed by atoms with E-state index in [1.807, 2.05) is 24.3 Å². The van der Waals surface area contributed by atoms with Crippen LogP contribution in [-0.4, -0.2) is 5.78 Å². The number of hydrogen-bond acceptors (Lipinski definition) is 1. The quantitative estimate of drug-likeness (QED) is 0.354. The van der Waals surface area contributed by atoms with Crippen LogP contribution in [-0.2, 0) is 17.3 Å². The minimum absolute atomic E-state index is 0. The van der Waals surface area contributed by atoms with Gasteiger partial charge in [-0.25, -0.2) is 0 Å². The Bertz CT molecular complexity index is 308. The number of carbonyl (C=O) groups is 1. The molecule has 1 nitrogen and oxygen atoms in total. The molecular formula is C12H15Cl2LiOZn.